The first-order valence-corrected chi connectivity index (χ1v) is 19.8. The normalized spacial score (nSPS) is 15.1. The van der Waals surface area contributed by atoms with Crippen LogP contribution in [0.2, 0.25) is 0 Å². The van der Waals surface area contributed by atoms with Crippen molar-refractivity contribution in [2.45, 2.75) is 38.5 Å². The molecule has 4 rings (SSSR count). The molecule has 0 unspecified atom stereocenters. The second kappa shape index (κ2) is 25.7. The Labute approximate surface area is 347 Å². The van der Waals surface area contributed by atoms with Gasteiger partial charge in [0.1, 0.15) is 23.0 Å². The summed E-state index contributed by atoms with van der Waals surface area (Å²) in [6.07, 6.45) is 5.20. The zero-order chi connectivity index (χ0) is 43.1. The summed E-state index contributed by atoms with van der Waals surface area (Å²) in [5, 5.41) is 47.2. The summed E-state index contributed by atoms with van der Waals surface area (Å²) in [7, 11) is 0. The van der Waals surface area contributed by atoms with Gasteiger partial charge in [-0.1, -0.05) is 12.1 Å². The van der Waals surface area contributed by atoms with Gasteiger partial charge in [-0.05, 0) is 36.6 Å². The number of carbonyl (C=O) groups excluding carboxylic acids is 3. The Bertz CT molecular complexity index is 1810. The van der Waals surface area contributed by atoms with Gasteiger partial charge < -0.3 is 25.4 Å². The predicted octanol–water partition coefficient (Wildman–Crippen LogP) is -0.370. The average Bonchev–Trinajstić information content (AvgIpc) is 3.21. The minimum absolute atomic E-state index is 0.00158. The summed E-state index contributed by atoms with van der Waals surface area (Å²) in [4.78, 5) is 87.5. The number of hydrogen-bond donors (Lipinski definition) is 4. The van der Waals surface area contributed by atoms with E-state index in [1.807, 2.05) is 11.0 Å². The third kappa shape index (κ3) is 18.5. The molecule has 1 aliphatic heterocycles. The van der Waals surface area contributed by atoms with Crippen molar-refractivity contribution in [3.05, 3.63) is 48.3 Å². The van der Waals surface area contributed by atoms with E-state index in [0.29, 0.717) is 69.3 Å². The monoisotopic (exact) mass is 835 g/mol. The lowest BCUT2D eigenvalue weighted by molar-refractivity contribution is -0.140. The van der Waals surface area contributed by atoms with E-state index in [0.717, 1.165) is 5.56 Å². The van der Waals surface area contributed by atoms with Gasteiger partial charge in [0.25, 0.3) is 0 Å². The summed E-state index contributed by atoms with van der Waals surface area (Å²) >= 11 is 0. The van der Waals surface area contributed by atoms with Gasteiger partial charge in [0.2, 0.25) is 17.6 Å². The molecule has 60 heavy (non-hydrogen) atoms. The molecule has 0 atom stereocenters. The van der Waals surface area contributed by atoms with E-state index >= 15 is 0 Å². The highest BCUT2D eigenvalue weighted by molar-refractivity contribution is 5.82. The molecule has 1 saturated heterocycles. The standard InChI is InChI=1S/C39H53N11O10/c51-30(5-3-6-31(52)23-29-9-10-33(42-24-29)39-45-43-38(44-46-39)32-8-1-2-11-40-32)7-4-21-60-22-12-41-34(53)25-47-13-15-48(26-35(54)55)17-19-50(28-37(58)59)20-18-49(16-14-47)27-36(56)57/h1-2,8-11,24H,3-7,12-23,25-28H2,(H,41,53)(H,54,55)(H,56,57)(H,58,59). The van der Waals surface area contributed by atoms with Crippen LogP contribution in [0.1, 0.15) is 37.7 Å². The van der Waals surface area contributed by atoms with Crippen LogP contribution in [0.4, 0.5) is 0 Å². The Morgan fingerprint density at radius 3 is 1.57 bits per heavy atom. The van der Waals surface area contributed by atoms with Crippen molar-refractivity contribution in [1.29, 1.82) is 0 Å². The van der Waals surface area contributed by atoms with Crippen molar-refractivity contribution in [3.63, 3.8) is 0 Å². The van der Waals surface area contributed by atoms with E-state index in [4.69, 9.17) is 4.74 Å². The number of carboxylic acid groups (broad SMARTS) is 3. The Morgan fingerprint density at radius 2 is 1.08 bits per heavy atom. The Morgan fingerprint density at radius 1 is 0.583 bits per heavy atom. The fraction of sp³-hybridized carbons (Fsp3) is 0.538. The third-order valence-corrected chi connectivity index (χ3v) is 9.43. The highest BCUT2D eigenvalue weighted by Gasteiger charge is 2.21. The van der Waals surface area contributed by atoms with Gasteiger partial charge in [-0.2, -0.15) is 0 Å². The van der Waals surface area contributed by atoms with E-state index in [1.165, 1.54) is 0 Å². The molecule has 4 N–H and O–H groups in total. The first-order chi connectivity index (χ1) is 28.9. The number of carbonyl (C=O) groups is 6. The van der Waals surface area contributed by atoms with E-state index in [1.54, 1.807) is 51.4 Å². The molecule has 0 radical (unpaired) electrons. The number of amides is 1. The number of ether oxygens (including phenoxy) is 1. The van der Waals surface area contributed by atoms with Gasteiger partial charge in [0, 0.05) is 104 Å². The predicted molar refractivity (Wildman–Crippen MR) is 213 cm³/mol. The fourth-order valence-corrected chi connectivity index (χ4v) is 6.29. The molecule has 1 amide bonds. The first-order valence-electron chi connectivity index (χ1n) is 19.8. The summed E-state index contributed by atoms with van der Waals surface area (Å²) in [6.45, 7) is 2.47. The van der Waals surface area contributed by atoms with Crippen molar-refractivity contribution in [1.82, 2.24) is 55.3 Å². The molecule has 0 spiro atoms. The lowest BCUT2D eigenvalue weighted by atomic mass is 10.0. The fourth-order valence-electron chi connectivity index (χ4n) is 6.29. The molecule has 0 bridgehead atoms. The zero-order valence-corrected chi connectivity index (χ0v) is 33.6. The molecule has 1 aliphatic rings. The molecule has 0 saturated carbocycles. The third-order valence-electron chi connectivity index (χ3n) is 9.43. The van der Waals surface area contributed by atoms with Crippen LogP contribution in [-0.2, 0) is 39.9 Å². The van der Waals surface area contributed by atoms with Crippen LogP contribution < -0.4 is 5.32 Å². The SMILES string of the molecule is O=C(O)CN1CCN(CC(=O)O)CCN(CC(=O)NCCOCCCC(=O)CCCC(=O)Cc2ccc(-c3nnc(-c4ccccn4)nn3)nc2)CCN(CC(=O)O)CC1. The molecule has 21 nitrogen and oxygen atoms in total. The quantitative estimate of drug-likeness (QED) is 0.0887. The molecular formula is C39H53N11O10. The highest BCUT2D eigenvalue weighted by atomic mass is 16.5. The molecule has 3 aromatic heterocycles. The number of nitrogens with one attached hydrogen (secondary N) is 1. The van der Waals surface area contributed by atoms with Gasteiger partial charge in [-0.15, -0.1) is 20.4 Å². The number of pyridine rings is 2. The van der Waals surface area contributed by atoms with Gasteiger partial charge in [0.05, 0.1) is 32.8 Å². The van der Waals surface area contributed by atoms with Crippen molar-refractivity contribution >= 4 is 35.4 Å². The molecular weight excluding hydrogens is 782 g/mol. The molecule has 4 heterocycles. The van der Waals surface area contributed by atoms with Crippen LogP contribution in [0.15, 0.2) is 42.7 Å². The summed E-state index contributed by atoms with van der Waals surface area (Å²) < 4.78 is 5.60. The molecule has 21 heteroatoms. The van der Waals surface area contributed by atoms with E-state index < -0.39 is 17.9 Å². The smallest absolute Gasteiger partial charge is 0.317 e. The number of aliphatic carboxylic acids is 3. The molecule has 0 aliphatic carbocycles. The molecule has 324 valence electrons. The van der Waals surface area contributed by atoms with Crippen LogP contribution >= 0.6 is 0 Å². The van der Waals surface area contributed by atoms with Crippen LogP contribution in [0.5, 0.6) is 0 Å². The van der Waals surface area contributed by atoms with Gasteiger partial charge in [-0.25, -0.2) is 0 Å². The highest BCUT2D eigenvalue weighted by Crippen LogP contribution is 2.14. The molecule has 1 fully saturated rings. The largest absolute Gasteiger partial charge is 0.480 e. The molecule has 3 aromatic rings. The van der Waals surface area contributed by atoms with Crippen molar-refractivity contribution in [3.8, 4) is 23.0 Å². The van der Waals surface area contributed by atoms with Crippen LogP contribution in [0.25, 0.3) is 23.0 Å². The number of nitrogens with zero attached hydrogens (tertiary/aromatic N) is 10. The first kappa shape index (κ1) is 46.9. The minimum atomic E-state index is -1.03. The van der Waals surface area contributed by atoms with Crippen molar-refractivity contribution < 1.29 is 48.8 Å². The van der Waals surface area contributed by atoms with Crippen molar-refractivity contribution in [2.24, 2.45) is 0 Å². The molecule has 0 aromatic carbocycles. The second-order valence-corrected chi connectivity index (χ2v) is 14.3. The zero-order valence-electron chi connectivity index (χ0n) is 33.6. The maximum atomic E-state index is 12.8. The number of Topliss-reactive ketones (excluding diaryl/α,β-unsaturated/α-hetero) is 2. The summed E-state index contributed by atoms with van der Waals surface area (Å²) in [5.74, 6) is -2.79. The van der Waals surface area contributed by atoms with Gasteiger partial charge in [-0.3, -0.25) is 58.3 Å². The number of ketones is 2. The Balaban J connectivity index is 1.08. The van der Waals surface area contributed by atoms with Crippen LogP contribution in [0, 0.1) is 0 Å². The number of rotatable bonds is 23. The summed E-state index contributed by atoms with van der Waals surface area (Å²) in [5.41, 5.74) is 1.75. The lowest BCUT2D eigenvalue weighted by Crippen LogP contribution is -2.50. The Kier molecular flexibility index (Phi) is 20.1. The van der Waals surface area contributed by atoms with E-state index in [-0.39, 0.29) is 108 Å². The maximum Gasteiger partial charge on any atom is 0.317 e. The lowest BCUT2D eigenvalue weighted by Gasteiger charge is -2.32. The number of hydrogen-bond acceptors (Lipinski definition) is 17. The van der Waals surface area contributed by atoms with E-state index in [9.17, 15) is 44.1 Å². The summed E-state index contributed by atoms with van der Waals surface area (Å²) in [6, 6.07) is 8.82. The number of aromatic nitrogens is 6. The topological polar surface area (TPSA) is 275 Å². The van der Waals surface area contributed by atoms with Gasteiger partial charge in [0.15, 0.2) is 0 Å². The minimum Gasteiger partial charge on any atom is -0.480 e. The van der Waals surface area contributed by atoms with Crippen molar-refractivity contribution in [2.75, 3.05) is 98.3 Å². The van der Waals surface area contributed by atoms with Crippen LogP contribution in [-0.4, -0.2) is 199 Å². The van der Waals surface area contributed by atoms with E-state index in [2.05, 4.69) is 35.7 Å². The maximum absolute atomic E-state index is 12.8. The van der Waals surface area contributed by atoms with Crippen LogP contribution in [0.3, 0.4) is 0 Å². The van der Waals surface area contributed by atoms with Gasteiger partial charge >= 0.3 is 17.9 Å². The number of carboxylic acids is 3. The Hall–Kier alpha value is -5.74. The second-order valence-electron chi connectivity index (χ2n) is 14.3. The average molecular weight is 836 g/mol.